The SMILES string of the molecule is C[C@@H](N)C(=O)NCCOc1ncc(C(F)(F)F)cc1Cl. The zero-order valence-corrected chi connectivity index (χ0v) is 11.3. The van der Waals surface area contributed by atoms with Crippen LogP contribution in [0.2, 0.25) is 5.02 Å². The molecule has 0 saturated carbocycles. The fraction of sp³-hybridized carbons (Fsp3) is 0.455. The van der Waals surface area contributed by atoms with E-state index in [1.165, 1.54) is 6.92 Å². The molecule has 9 heteroatoms. The van der Waals surface area contributed by atoms with Gasteiger partial charge in [0.2, 0.25) is 11.8 Å². The van der Waals surface area contributed by atoms with Gasteiger partial charge in [0.1, 0.15) is 11.6 Å². The number of carbonyl (C=O) groups is 1. The average molecular weight is 312 g/mol. The number of hydrogen-bond donors (Lipinski definition) is 2. The van der Waals surface area contributed by atoms with Gasteiger partial charge >= 0.3 is 6.18 Å². The quantitative estimate of drug-likeness (QED) is 0.810. The molecule has 0 unspecified atom stereocenters. The van der Waals surface area contributed by atoms with E-state index in [0.29, 0.717) is 6.20 Å². The molecule has 0 radical (unpaired) electrons. The van der Waals surface area contributed by atoms with Crippen molar-refractivity contribution in [2.75, 3.05) is 13.2 Å². The molecule has 5 nitrogen and oxygen atoms in total. The molecular weight excluding hydrogens is 299 g/mol. The van der Waals surface area contributed by atoms with E-state index in [-0.39, 0.29) is 30.0 Å². The van der Waals surface area contributed by atoms with Gasteiger partial charge in [-0.1, -0.05) is 11.6 Å². The number of aromatic nitrogens is 1. The summed E-state index contributed by atoms with van der Waals surface area (Å²) < 4.78 is 42.2. The number of nitrogens with one attached hydrogen (secondary N) is 1. The molecular formula is C11H13ClF3N3O2. The molecule has 112 valence electrons. The van der Waals surface area contributed by atoms with Crippen LogP contribution in [0, 0.1) is 0 Å². The lowest BCUT2D eigenvalue weighted by molar-refractivity contribution is -0.137. The van der Waals surface area contributed by atoms with E-state index in [1.54, 1.807) is 0 Å². The Labute approximate surface area is 118 Å². The predicted molar refractivity (Wildman–Crippen MR) is 66.4 cm³/mol. The van der Waals surface area contributed by atoms with E-state index in [9.17, 15) is 18.0 Å². The van der Waals surface area contributed by atoms with E-state index in [0.717, 1.165) is 6.07 Å². The fourth-order valence-electron chi connectivity index (χ4n) is 1.17. The fourth-order valence-corrected chi connectivity index (χ4v) is 1.39. The van der Waals surface area contributed by atoms with Crippen molar-refractivity contribution in [2.45, 2.75) is 19.1 Å². The lowest BCUT2D eigenvalue weighted by atomic mass is 10.3. The highest BCUT2D eigenvalue weighted by Gasteiger charge is 2.31. The summed E-state index contributed by atoms with van der Waals surface area (Å²) in [5.41, 5.74) is 4.36. The van der Waals surface area contributed by atoms with Crippen molar-refractivity contribution >= 4 is 17.5 Å². The molecule has 1 aromatic heterocycles. The lowest BCUT2D eigenvalue weighted by Gasteiger charge is -2.11. The van der Waals surface area contributed by atoms with Gasteiger partial charge in [0.15, 0.2) is 0 Å². The highest BCUT2D eigenvalue weighted by Crippen LogP contribution is 2.32. The molecule has 0 spiro atoms. The van der Waals surface area contributed by atoms with Crippen molar-refractivity contribution < 1.29 is 22.7 Å². The minimum Gasteiger partial charge on any atom is -0.475 e. The molecule has 1 atom stereocenters. The van der Waals surface area contributed by atoms with Gasteiger partial charge in [0.05, 0.1) is 18.2 Å². The van der Waals surface area contributed by atoms with Crippen LogP contribution in [0.4, 0.5) is 13.2 Å². The number of amides is 1. The Balaban J connectivity index is 2.51. The highest BCUT2D eigenvalue weighted by molar-refractivity contribution is 6.31. The van der Waals surface area contributed by atoms with Crippen molar-refractivity contribution in [1.29, 1.82) is 0 Å². The molecule has 0 saturated heterocycles. The van der Waals surface area contributed by atoms with Gasteiger partial charge in [-0.2, -0.15) is 13.2 Å². The van der Waals surface area contributed by atoms with Crippen LogP contribution in [-0.4, -0.2) is 30.1 Å². The van der Waals surface area contributed by atoms with Crippen LogP contribution in [0.1, 0.15) is 12.5 Å². The van der Waals surface area contributed by atoms with Crippen molar-refractivity contribution in [2.24, 2.45) is 5.73 Å². The number of carbonyl (C=O) groups excluding carboxylic acids is 1. The van der Waals surface area contributed by atoms with Crippen LogP contribution in [0.5, 0.6) is 5.88 Å². The summed E-state index contributed by atoms with van der Waals surface area (Å²) >= 11 is 5.63. The second-order valence-electron chi connectivity index (χ2n) is 3.94. The summed E-state index contributed by atoms with van der Waals surface area (Å²) in [5, 5.41) is 2.22. The van der Waals surface area contributed by atoms with Crippen LogP contribution in [0.25, 0.3) is 0 Å². The van der Waals surface area contributed by atoms with Gasteiger partial charge in [-0.3, -0.25) is 4.79 Å². The minimum atomic E-state index is -4.51. The van der Waals surface area contributed by atoms with Crippen LogP contribution in [0.15, 0.2) is 12.3 Å². The Bertz CT molecular complexity index is 480. The van der Waals surface area contributed by atoms with Crippen LogP contribution < -0.4 is 15.8 Å². The van der Waals surface area contributed by atoms with Crippen molar-refractivity contribution in [1.82, 2.24) is 10.3 Å². The summed E-state index contributed by atoms with van der Waals surface area (Å²) in [6, 6.07) is 0.0764. The number of alkyl halides is 3. The standard InChI is InChI=1S/C11H13ClF3N3O2/c1-6(16)9(19)17-2-3-20-10-8(12)4-7(5-18-10)11(13,14)15/h4-6H,2-3,16H2,1H3,(H,17,19)/t6-/m1/s1. The number of pyridine rings is 1. The normalized spacial score (nSPS) is 12.9. The molecule has 1 amide bonds. The molecule has 1 aromatic rings. The molecule has 0 aliphatic carbocycles. The van der Waals surface area contributed by atoms with Gasteiger partial charge in [0, 0.05) is 6.20 Å². The first-order valence-corrected chi connectivity index (χ1v) is 5.98. The molecule has 1 rings (SSSR count). The number of nitrogens with two attached hydrogens (primary N) is 1. The van der Waals surface area contributed by atoms with Gasteiger partial charge < -0.3 is 15.8 Å². The summed E-state index contributed by atoms with van der Waals surface area (Å²) in [6.07, 6.45) is -3.89. The van der Waals surface area contributed by atoms with Crippen LogP contribution in [0.3, 0.4) is 0 Å². The largest absolute Gasteiger partial charge is 0.475 e. The van der Waals surface area contributed by atoms with E-state index in [4.69, 9.17) is 22.1 Å². The van der Waals surface area contributed by atoms with Crippen molar-refractivity contribution in [3.8, 4) is 5.88 Å². The summed E-state index contributed by atoms with van der Waals surface area (Å²) in [4.78, 5) is 14.6. The first-order valence-electron chi connectivity index (χ1n) is 5.60. The number of halogens is 4. The topological polar surface area (TPSA) is 77.2 Å². The van der Waals surface area contributed by atoms with Gasteiger partial charge in [-0.25, -0.2) is 4.98 Å². The third-order valence-corrected chi connectivity index (χ3v) is 2.46. The number of rotatable bonds is 5. The second kappa shape index (κ2) is 6.76. The lowest BCUT2D eigenvalue weighted by Crippen LogP contribution is -2.40. The number of ether oxygens (including phenoxy) is 1. The number of nitrogens with zero attached hydrogens (tertiary/aromatic N) is 1. The molecule has 0 bridgehead atoms. The van der Waals surface area contributed by atoms with E-state index in [2.05, 4.69) is 10.3 Å². The van der Waals surface area contributed by atoms with E-state index < -0.39 is 17.8 Å². The van der Waals surface area contributed by atoms with Crippen LogP contribution >= 0.6 is 11.6 Å². The minimum absolute atomic E-state index is 0.0105. The monoisotopic (exact) mass is 311 g/mol. The summed E-state index contributed by atoms with van der Waals surface area (Å²) in [6.45, 7) is 1.67. The molecule has 0 aliphatic heterocycles. The Kier molecular flexibility index (Phi) is 5.58. The Morgan fingerprint density at radius 2 is 2.25 bits per heavy atom. The van der Waals surface area contributed by atoms with Gasteiger partial charge in [-0.05, 0) is 13.0 Å². The summed E-state index contributed by atoms with van der Waals surface area (Å²) in [7, 11) is 0. The molecule has 3 N–H and O–H groups in total. The first-order chi connectivity index (χ1) is 9.21. The third kappa shape index (κ3) is 4.86. The van der Waals surface area contributed by atoms with Gasteiger partial charge in [-0.15, -0.1) is 0 Å². The van der Waals surface area contributed by atoms with Crippen LogP contribution in [-0.2, 0) is 11.0 Å². The predicted octanol–water partition coefficient (Wildman–Crippen LogP) is 1.60. The van der Waals surface area contributed by atoms with Crippen molar-refractivity contribution in [3.05, 3.63) is 22.8 Å². The average Bonchev–Trinajstić information content (AvgIpc) is 2.34. The maximum atomic E-state index is 12.4. The molecule has 0 aliphatic rings. The second-order valence-corrected chi connectivity index (χ2v) is 4.34. The number of hydrogen-bond acceptors (Lipinski definition) is 4. The summed E-state index contributed by atoms with van der Waals surface area (Å²) in [5.74, 6) is -0.491. The maximum Gasteiger partial charge on any atom is 0.417 e. The Morgan fingerprint density at radius 3 is 2.75 bits per heavy atom. The zero-order valence-electron chi connectivity index (χ0n) is 10.5. The van der Waals surface area contributed by atoms with E-state index >= 15 is 0 Å². The maximum absolute atomic E-state index is 12.4. The molecule has 1 heterocycles. The smallest absolute Gasteiger partial charge is 0.417 e. The van der Waals surface area contributed by atoms with Gasteiger partial charge in [0.25, 0.3) is 0 Å². The van der Waals surface area contributed by atoms with E-state index in [1.807, 2.05) is 0 Å². The van der Waals surface area contributed by atoms with Crippen molar-refractivity contribution in [3.63, 3.8) is 0 Å². The third-order valence-electron chi connectivity index (χ3n) is 2.19. The molecule has 20 heavy (non-hydrogen) atoms. The molecule has 0 aromatic carbocycles. The zero-order chi connectivity index (χ0) is 15.3. The highest BCUT2D eigenvalue weighted by atomic mass is 35.5. The Hall–Kier alpha value is -1.54. The Morgan fingerprint density at radius 1 is 1.60 bits per heavy atom. The molecule has 0 fully saturated rings. The first kappa shape index (κ1) is 16.5.